The fourth-order valence-electron chi connectivity index (χ4n) is 7.29. The number of aryl methyl sites for hydroxylation is 1. The molecule has 1 aliphatic heterocycles. The fraction of sp³-hybridized carbons (Fsp3) is 0.512. The number of piperazine rings is 1. The third-order valence-electron chi connectivity index (χ3n) is 10.1. The molecule has 1 saturated carbocycles. The Kier molecular flexibility index (Phi) is 13.5. The van der Waals surface area contributed by atoms with Gasteiger partial charge in [0.25, 0.3) is 0 Å². The lowest BCUT2D eigenvalue weighted by Gasteiger charge is -2.42. The Morgan fingerprint density at radius 2 is 1.56 bits per heavy atom. The predicted octanol–water partition coefficient (Wildman–Crippen LogP) is 5.32. The van der Waals surface area contributed by atoms with Gasteiger partial charge in [-0.25, -0.2) is 4.79 Å². The van der Waals surface area contributed by atoms with Crippen LogP contribution in [-0.4, -0.2) is 86.6 Å². The summed E-state index contributed by atoms with van der Waals surface area (Å²) in [4.78, 5) is 70.7. The van der Waals surface area contributed by atoms with Crippen LogP contribution in [0.15, 0.2) is 66.9 Å². The minimum Gasteiger partial charge on any atom is -0.444 e. The molecule has 0 spiro atoms. The zero-order valence-electron chi connectivity index (χ0n) is 32.2. The first kappa shape index (κ1) is 40.0. The summed E-state index contributed by atoms with van der Waals surface area (Å²) in [6, 6.07) is 17.5. The van der Waals surface area contributed by atoms with Gasteiger partial charge in [0.05, 0.1) is 12.2 Å². The van der Waals surface area contributed by atoms with Crippen LogP contribution in [-0.2, 0) is 43.8 Å². The summed E-state index contributed by atoms with van der Waals surface area (Å²) in [6.07, 6.45) is 6.80. The van der Waals surface area contributed by atoms with Crippen molar-refractivity contribution < 1.29 is 28.7 Å². The Hall–Kier alpha value is -5.20. The van der Waals surface area contributed by atoms with E-state index in [0.717, 1.165) is 43.2 Å². The number of benzene rings is 2. The molecule has 290 valence electrons. The Morgan fingerprint density at radius 1 is 0.870 bits per heavy atom. The minimum atomic E-state index is -0.868. The number of hydrogen-bond donors (Lipinski definition) is 3. The van der Waals surface area contributed by atoms with E-state index >= 15 is 0 Å². The maximum Gasteiger partial charge on any atom is 0.410 e. The van der Waals surface area contributed by atoms with Gasteiger partial charge in [-0.2, -0.15) is 5.10 Å². The first-order valence-corrected chi connectivity index (χ1v) is 19.1. The number of rotatable bonds is 12. The summed E-state index contributed by atoms with van der Waals surface area (Å²) in [5.74, 6) is -1.62. The van der Waals surface area contributed by atoms with Crippen molar-refractivity contribution >= 4 is 41.2 Å². The number of carbonyl (C=O) groups excluding carboxylic acids is 5. The summed E-state index contributed by atoms with van der Waals surface area (Å²) in [7, 11) is 1.73. The van der Waals surface area contributed by atoms with Crippen molar-refractivity contribution in [3.63, 3.8) is 0 Å². The standard InChI is InChI=1S/C41H55N7O6/c1-6-35(49)44-33(39(52)47-23-24-48(40(53)54-41(2,3)4)32(27-47)25-28-13-9-7-10-14-28)26-29-17-19-31(20-18-29)43-37(50)36(30-15-11-8-12-16-30)38(51)45-34-21-22-42-46(34)5/h7,9-10,13-14,17-22,30,32-33,36H,6,8,11-12,15-16,23-27H2,1-5H3,(H,43,50)(H,44,49)(H,45,51)/t32-,33-,36+/m1/s1. The molecule has 5 amide bonds. The first-order chi connectivity index (χ1) is 25.8. The summed E-state index contributed by atoms with van der Waals surface area (Å²) in [5.41, 5.74) is 1.68. The zero-order valence-corrected chi connectivity index (χ0v) is 32.2. The summed E-state index contributed by atoms with van der Waals surface area (Å²) >= 11 is 0. The fourth-order valence-corrected chi connectivity index (χ4v) is 7.29. The molecule has 3 N–H and O–H groups in total. The van der Waals surface area contributed by atoms with Gasteiger partial charge in [0.2, 0.25) is 23.6 Å². The highest BCUT2D eigenvalue weighted by molar-refractivity contribution is 6.10. The van der Waals surface area contributed by atoms with E-state index in [4.69, 9.17) is 4.74 Å². The number of nitrogens with one attached hydrogen (secondary N) is 3. The molecular weight excluding hydrogens is 686 g/mol. The van der Waals surface area contributed by atoms with Crippen LogP contribution in [0, 0.1) is 11.8 Å². The molecule has 0 unspecified atom stereocenters. The average Bonchev–Trinajstić information content (AvgIpc) is 3.55. The van der Waals surface area contributed by atoms with Crippen molar-refractivity contribution in [2.45, 2.75) is 96.7 Å². The first-order valence-electron chi connectivity index (χ1n) is 19.1. The lowest BCUT2D eigenvalue weighted by atomic mass is 9.79. The molecule has 1 aromatic heterocycles. The molecule has 13 nitrogen and oxygen atoms in total. The lowest BCUT2D eigenvalue weighted by molar-refractivity contribution is -0.139. The highest BCUT2D eigenvalue weighted by atomic mass is 16.6. The van der Waals surface area contributed by atoms with Crippen LogP contribution in [0.5, 0.6) is 0 Å². The second-order valence-corrected chi connectivity index (χ2v) is 15.4. The van der Waals surface area contributed by atoms with Crippen molar-refractivity contribution in [1.29, 1.82) is 0 Å². The van der Waals surface area contributed by atoms with E-state index in [-0.39, 0.29) is 55.0 Å². The maximum atomic E-state index is 14.2. The highest BCUT2D eigenvalue weighted by Gasteiger charge is 2.38. The number of carbonyl (C=O) groups is 5. The molecule has 2 fully saturated rings. The van der Waals surface area contributed by atoms with E-state index in [9.17, 15) is 24.0 Å². The average molecular weight is 742 g/mol. The molecule has 1 saturated heterocycles. The summed E-state index contributed by atoms with van der Waals surface area (Å²) in [6.45, 7) is 8.10. The SMILES string of the molecule is CCC(=O)N[C@H](Cc1ccc(NC(=O)[C@@H](C(=O)Nc2ccnn2C)C2CCCCC2)cc1)C(=O)N1CCN(C(=O)OC(C)(C)C)[C@H](Cc2ccccc2)C1. The largest absolute Gasteiger partial charge is 0.444 e. The van der Waals surface area contributed by atoms with Crippen LogP contribution < -0.4 is 16.0 Å². The van der Waals surface area contributed by atoms with Crippen molar-refractivity contribution in [1.82, 2.24) is 24.9 Å². The maximum absolute atomic E-state index is 14.2. The topological polar surface area (TPSA) is 155 Å². The molecule has 2 heterocycles. The number of ether oxygens (including phenoxy) is 1. The molecule has 0 radical (unpaired) electrons. The number of anilines is 2. The third kappa shape index (κ3) is 10.9. The molecule has 5 rings (SSSR count). The Balaban J connectivity index is 1.28. The molecule has 13 heteroatoms. The molecule has 3 atom stereocenters. The predicted molar refractivity (Wildman–Crippen MR) is 206 cm³/mol. The normalized spacial score (nSPS) is 17.6. The molecule has 3 aromatic rings. The van der Waals surface area contributed by atoms with Gasteiger partial charge >= 0.3 is 6.09 Å². The van der Waals surface area contributed by atoms with Crippen molar-refractivity contribution in [2.75, 3.05) is 30.3 Å². The molecule has 54 heavy (non-hydrogen) atoms. The third-order valence-corrected chi connectivity index (χ3v) is 10.1. The van der Waals surface area contributed by atoms with Crippen molar-refractivity contribution in [3.05, 3.63) is 78.0 Å². The van der Waals surface area contributed by atoms with Crippen LogP contribution in [0.2, 0.25) is 0 Å². The van der Waals surface area contributed by atoms with Crippen LogP contribution in [0.25, 0.3) is 0 Å². The molecule has 1 aliphatic carbocycles. The Bertz CT molecular complexity index is 1750. The van der Waals surface area contributed by atoms with E-state index in [1.54, 1.807) is 52.8 Å². The van der Waals surface area contributed by atoms with Crippen LogP contribution in [0.3, 0.4) is 0 Å². The second kappa shape index (κ2) is 18.2. The Labute approximate surface area is 318 Å². The van der Waals surface area contributed by atoms with Gasteiger partial charge in [-0.3, -0.25) is 23.9 Å². The minimum absolute atomic E-state index is 0.0708. The quantitative estimate of drug-likeness (QED) is 0.212. The number of hydrogen-bond acceptors (Lipinski definition) is 7. The van der Waals surface area contributed by atoms with E-state index in [1.807, 2.05) is 63.2 Å². The number of amides is 5. The van der Waals surface area contributed by atoms with Gasteiger partial charge in [-0.1, -0.05) is 68.7 Å². The van der Waals surface area contributed by atoms with E-state index in [0.29, 0.717) is 31.0 Å². The molecular formula is C41H55N7O6. The van der Waals surface area contributed by atoms with Gasteiger partial charge in [0.15, 0.2) is 0 Å². The van der Waals surface area contributed by atoms with Gasteiger partial charge in [0, 0.05) is 51.3 Å². The highest BCUT2D eigenvalue weighted by Crippen LogP contribution is 2.32. The molecule has 0 bridgehead atoms. The van der Waals surface area contributed by atoms with Crippen LogP contribution in [0.1, 0.15) is 77.3 Å². The smallest absolute Gasteiger partial charge is 0.410 e. The van der Waals surface area contributed by atoms with E-state index < -0.39 is 23.7 Å². The van der Waals surface area contributed by atoms with Gasteiger partial charge in [0.1, 0.15) is 23.4 Å². The molecule has 2 aromatic carbocycles. The Morgan fingerprint density at radius 3 is 2.19 bits per heavy atom. The van der Waals surface area contributed by atoms with E-state index in [2.05, 4.69) is 21.0 Å². The molecule has 2 aliphatic rings. The van der Waals surface area contributed by atoms with Crippen molar-refractivity contribution in [3.8, 4) is 0 Å². The monoisotopic (exact) mass is 741 g/mol. The van der Waals surface area contributed by atoms with Gasteiger partial charge < -0.3 is 30.5 Å². The number of nitrogens with zero attached hydrogens (tertiary/aromatic N) is 4. The van der Waals surface area contributed by atoms with Crippen LogP contribution >= 0.6 is 0 Å². The summed E-state index contributed by atoms with van der Waals surface area (Å²) < 4.78 is 7.28. The summed E-state index contributed by atoms with van der Waals surface area (Å²) in [5, 5.41) is 12.9. The van der Waals surface area contributed by atoms with Crippen LogP contribution in [0.4, 0.5) is 16.3 Å². The zero-order chi connectivity index (χ0) is 38.8. The van der Waals surface area contributed by atoms with E-state index in [1.165, 1.54) is 0 Å². The second-order valence-electron chi connectivity index (χ2n) is 15.4. The van der Waals surface area contributed by atoms with Gasteiger partial charge in [-0.05, 0) is 69.2 Å². The van der Waals surface area contributed by atoms with Crippen molar-refractivity contribution in [2.24, 2.45) is 18.9 Å². The lowest BCUT2D eigenvalue weighted by Crippen LogP contribution is -2.61. The van der Waals surface area contributed by atoms with Gasteiger partial charge in [-0.15, -0.1) is 0 Å². The number of aromatic nitrogens is 2.